The maximum atomic E-state index is 13.0. The quantitative estimate of drug-likeness (QED) is 0.546. The highest BCUT2D eigenvalue weighted by molar-refractivity contribution is 5.56. The van der Waals surface area contributed by atoms with Gasteiger partial charge < -0.3 is 4.90 Å². The van der Waals surface area contributed by atoms with Crippen LogP contribution in [0.4, 0.5) is 13.2 Å². The largest absolute Gasteiger partial charge is 0.416 e. The standard InChI is InChI=1S/C23H26F3N5/c24-23(25,26)21-9-4-8-20(17-21)22-27-28-29-31(22)13-5-12-30-14-10-19(11-15-30)16-18-6-2-1-3-7-18/h1-4,6-9,17,19H,5,10-16H2. The van der Waals surface area contributed by atoms with Crippen LogP contribution in [-0.4, -0.2) is 44.7 Å². The van der Waals surface area contributed by atoms with E-state index in [-0.39, 0.29) is 0 Å². The zero-order valence-electron chi connectivity index (χ0n) is 17.3. The monoisotopic (exact) mass is 429 g/mol. The van der Waals surface area contributed by atoms with Gasteiger partial charge in [0.15, 0.2) is 5.82 Å². The van der Waals surface area contributed by atoms with Crippen LogP contribution in [0, 0.1) is 5.92 Å². The van der Waals surface area contributed by atoms with E-state index >= 15 is 0 Å². The van der Waals surface area contributed by atoms with E-state index in [2.05, 4.69) is 50.8 Å². The molecule has 0 atom stereocenters. The van der Waals surface area contributed by atoms with Crippen molar-refractivity contribution in [2.45, 2.75) is 38.4 Å². The highest BCUT2D eigenvalue weighted by Crippen LogP contribution is 2.31. The van der Waals surface area contributed by atoms with Crippen molar-refractivity contribution in [3.05, 3.63) is 65.7 Å². The number of benzene rings is 2. The lowest BCUT2D eigenvalue weighted by Gasteiger charge is -2.32. The molecule has 1 fully saturated rings. The molecule has 31 heavy (non-hydrogen) atoms. The first kappa shape index (κ1) is 21.5. The Bertz CT molecular complexity index is 963. The van der Waals surface area contributed by atoms with Gasteiger partial charge in [-0.05, 0) is 79.4 Å². The molecule has 164 valence electrons. The molecule has 0 amide bonds. The molecule has 8 heteroatoms. The number of nitrogens with zero attached hydrogens (tertiary/aromatic N) is 5. The Labute approximate surface area is 179 Å². The molecule has 1 aromatic heterocycles. The minimum atomic E-state index is -4.39. The second-order valence-electron chi connectivity index (χ2n) is 8.13. The third-order valence-electron chi connectivity index (χ3n) is 5.90. The van der Waals surface area contributed by atoms with Gasteiger partial charge in [0.2, 0.25) is 0 Å². The van der Waals surface area contributed by atoms with Crippen molar-refractivity contribution < 1.29 is 13.2 Å². The number of alkyl halides is 3. The first-order valence-electron chi connectivity index (χ1n) is 10.7. The fourth-order valence-corrected chi connectivity index (χ4v) is 4.20. The molecule has 0 unspecified atom stereocenters. The van der Waals surface area contributed by atoms with Gasteiger partial charge in [0.1, 0.15) is 0 Å². The third-order valence-corrected chi connectivity index (χ3v) is 5.90. The summed E-state index contributed by atoms with van der Waals surface area (Å²) in [6, 6.07) is 15.8. The fraction of sp³-hybridized carbons (Fsp3) is 0.435. The van der Waals surface area contributed by atoms with E-state index in [0.717, 1.165) is 50.5 Å². The second kappa shape index (κ2) is 9.60. The van der Waals surface area contributed by atoms with E-state index in [1.54, 1.807) is 10.7 Å². The Kier molecular flexibility index (Phi) is 6.65. The second-order valence-corrected chi connectivity index (χ2v) is 8.13. The number of halogens is 3. The first-order chi connectivity index (χ1) is 15.0. The van der Waals surface area contributed by atoms with Crippen molar-refractivity contribution in [3.8, 4) is 11.4 Å². The van der Waals surface area contributed by atoms with Crippen LogP contribution in [0.3, 0.4) is 0 Å². The smallest absolute Gasteiger partial charge is 0.303 e. The number of aryl methyl sites for hydroxylation is 1. The van der Waals surface area contributed by atoms with Crippen molar-refractivity contribution in [1.29, 1.82) is 0 Å². The van der Waals surface area contributed by atoms with Crippen LogP contribution >= 0.6 is 0 Å². The lowest BCUT2D eigenvalue weighted by Crippen LogP contribution is -2.35. The van der Waals surface area contributed by atoms with Crippen LogP contribution in [0.1, 0.15) is 30.4 Å². The Morgan fingerprint density at radius 2 is 1.71 bits per heavy atom. The number of tetrazole rings is 1. The maximum absolute atomic E-state index is 13.0. The lowest BCUT2D eigenvalue weighted by molar-refractivity contribution is -0.137. The lowest BCUT2D eigenvalue weighted by atomic mass is 9.90. The number of hydrogen-bond acceptors (Lipinski definition) is 4. The van der Waals surface area contributed by atoms with E-state index in [9.17, 15) is 13.2 Å². The molecule has 4 rings (SSSR count). The third kappa shape index (κ3) is 5.70. The van der Waals surface area contributed by atoms with Crippen LogP contribution in [0.5, 0.6) is 0 Å². The minimum Gasteiger partial charge on any atom is -0.303 e. The molecule has 1 saturated heterocycles. The predicted molar refractivity (Wildman–Crippen MR) is 112 cm³/mol. The van der Waals surface area contributed by atoms with Gasteiger partial charge in [0, 0.05) is 12.1 Å². The van der Waals surface area contributed by atoms with Gasteiger partial charge >= 0.3 is 6.18 Å². The molecule has 0 spiro atoms. The molecule has 2 heterocycles. The summed E-state index contributed by atoms with van der Waals surface area (Å²) >= 11 is 0. The van der Waals surface area contributed by atoms with Crippen molar-refractivity contribution in [2.24, 2.45) is 5.92 Å². The SMILES string of the molecule is FC(F)(F)c1cccc(-c2nnnn2CCCN2CCC(Cc3ccccc3)CC2)c1. The van der Waals surface area contributed by atoms with Crippen LogP contribution in [-0.2, 0) is 19.1 Å². The molecular weight excluding hydrogens is 403 g/mol. The van der Waals surface area contributed by atoms with Gasteiger partial charge in [-0.1, -0.05) is 42.5 Å². The van der Waals surface area contributed by atoms with E-state index in [1.165, 1.54) is 24.5 Å². The number of likely N-dealkylation sites (tertiary alicyclic amines) is 1. The zero-order valence-corrected chi connectivity index (χ0v) is 17.3. The van der Waals surface area contributed by atoms with Gasteiger partial charge in [-0.15, -0.1) is 5.10 Å². The van der Waals surface area contributed by atoms with Crippen LogP contribution in [0.15, 0.2) is 54.6 Å². The number of piperidine rings is 1. The average Bonchev–Trinajstić information content (AvgIpc) is 3.24. The van der Waals surface area contributed by atoms with E-state index in [4.69, 9.17) is 0 Å². The summed E-state index contributed by atoms with van der Waals surface area (Å²) in [5.74, 6) is 1.10. The minimum absolute atomic E-state index is 0.368. The van der Waals surface area contributed by atoms with Crippen LogP contribution in [0.2, 0.25) is 0 Å². The molecule has 0 saturated carbocycles. The maximum Gasteiger partial charge on any atom is 0.416 e. The summed E-state index contributed by atoms with van der Waals surface area (Å²) < 4.78 is 40.6. The summed E-state index contributed by atoms with van der Waals surface area (Å²) in [6.07, 6.45) is -0.0224. The summed E-state index contributed by atoms with van der Waals surface area (Å²) in [5, 5.41) is 11.6. The normalized spacial score (nSPS) is 16.0. The highest BCUT2D eigenvalue weighted by Gasteiger charge is 2.31. The van der Waals surface area contributed by atoms with Crippen LogP contribution < -0.4 is 0 Å². The van der Waals surface area contributed by atoms with Crippen molar-refractivity contribution in [3.63, 3.8) is 0 Å². The van der Waals surface area contributed by atoms with Crippen molar-refractivity contribution >= 4 is 0 Å². The molecule has 1 aliphatic heterocycles. The zero-order chi connectivity index (χ0) is 21.7. The van der Waals surface area contributed by atoms with Crippen molar-refractivity contribution in [2.75, 3.05) is 19.6 Å². The molecule has 0 bridgehead atoms. The molecule has 5 nitrogen and oxygen atoms in total. The molecule has 0 radical (unpaired) electrons. The Balaban J connectivity index is 1.27. The van der Waals surface area contributed by atoms with E-state index in [1.807, 2.05) is 0 Å². The first-order valence-corrected chi connectivity index (χ1v) is 10.7. The van der Waals surface area contributed by atoms with Crippen molar-refractivity contribution in [1.82, 2.24) is 25.1 Å². The Morgan fingerprint density at radius 3 is 2.45 bits per heavy atom. The van der Waals surface area contributed by atoms with Gasteiger partial charge in [-0.25, -0.2) is 4.68 Å². The average molecular weight is 429 g/mol. The molecule has 0 N–H and O–H groups in total. The number of hydrogen-bond donors (Lipinski definition) is 0. The molecular formula is C23H26F3N5. The predicted octanol–water partition coefficient (Wildman–Crippen LogP) is 4.70. The molecule has 3 aromatic rings. The number of rotatable bonds is 7. The summed E-state index contributed by atoms with van der Waals surface area (Å²) in [6.45, 7) is 3.66. The van der Waals surface area contributed by atoms with Gasteiger partial charge in [0.25, 0.3) is 0 Å². The topological polar surface area (TPSA) is 46.8 Å². The summed E-state index contributed by atoms with van der Waals surface area (Å²) in [7, 11) is 0. The summed E-state index contributed by atoms with van der Waals surface area (Å²) in [4.78, 5) is 2.45. The van der Waals surface area contributed by atoms with Gasteiger partial charge in [-0.2, -0.15) is 13.2 Å². The summed E-state index contributed by atoms with van der Waals surface area (Å²) in [5.41, 5.74) is 1.08. The molecule has 2 aromatic carbocycles. The van der Waals surface area contributed by atoms with Crippen LogP contribution in [0.25, 0.3) is 11.4 Å². The Hall–Kier alpha value is -2.74. The molecule has 1 aliphatic rings. The van der Waals surface area contributed by atoms with Gasteiger partial charge in [0.05, 0.1) is 5.56 Å². The Morgan fingerprint density at radius 1 is 0.935 bits per heavy atom. The van der Waals surface area contributed by atoms with E-state index < -0.39 is 11.7 Å². The van der Waals surface area contributed by atoms with E-state index in [0.29, 0.717) is 17.9 Å². The molecule has 0 aliphatic carbocycles. The highest BCUT2D eigenvalue weighted by atomic mass is 19.4. The number of aromatic nitrogens is 4. The fourth-order valence-electron chi connectivity index (χ4n) is 4.20. The van der Waals surface area contributed by atoms with Gasteiger partial charge in [-0.3, -0.25) is 0 Å².